The minimum Gasteiger partial charge on any atom is -0.380 e. The van der Waals surface area contributed by atoms with Gasteiger partial charge in [0.15, 0.2) is 0 Å². The smallest absolute Gasteiger partial charge is 0.253 e. The predicted molar refractivity (Wildman–Crippen MR) is 101 cm³/mol. The molecule has 0 aromatic heterocycles. The molecule has 4 nitrogen and oxygen atoms in total. The van der Waals surface area contributed by atoms with Crippen LogP contribution in [-0.4, -0.2) is 44.1 Å². The normalized spacial score (nSPS) is 14.7. The lowest BCUT2D eigenvalue weighted by Gasteiger charge is -2.37. The van der Waals surface area contributed by atoms with Crippen LogP contribution in [0.25, 0.3) is 0 Å². The van der Waals surface area contributed by atoms with Crippen LogP contribution in [0, 0.1) is 13.8 Å². The number of ether oxygens (including phenoxy) is 1. The Hall–Kier alpha value is -2.33. The maximum atomic E-state index is 12.8. The van der Waals surface area contributed by atoms with Crippen molar-refractivity contribution in [2.24, 2.45) is 0 Å². The monoisotopic (exact) mass is 338 g/mol. The van der Waals surface area contributed by atoms with E-state index >= 15 is 0 Å². The zero-order valence-electron chi connectivity index (χ0n) is 15.3. The second kappa shape index (κ2) is 7.70. The van der Waals surface area contributed by atoms with Gasteiger partial charge < -0.3 is 14.5 Å². The van der Waals surface area contributed by atoms with Crippen LogP contribution in [0.4, 0.5) is 5.69 Å². The van der Waals surface area contributed by atoms with Gasteiger partial charge in [0.2, 0.25) is 0 Å². The van der Waals surface area contributed by atoms with Crippen molar-refractivity contribution in [3.63, 3.8) is 0 Å². The number of rotatable bonds is 4. The Morgan fingerprint density at radius 1 is 1.04 bits per heavy atom. The first-order chi connectivity index (χ1) is 12.1. The Labute approximate surface area is 150 Å². The van der Waals surface area contributed by atoms with E-state index in [2.05, 4.69) is 36.9 Å². The van der Waals surface area contributed by atoms with E-state index in [9.17, 15) is 4.79 Å². The first-order valence-corrected chi connectivity index (χ1v) is 8.78. The fourth-order valence-corrected chi connectivity index (χ4v) is 3.37. The number of benzene rings is 2. The molecule has 0 atom stereocenters. The number of anilines is 1. The highest BCUT2D eigenvalue weighted by atomic mass is 16.5. The number of hydrogen-bond acceptors (Lipinski definition) is 3. The molecule has 4 heteroatoms. The maximum absolute atomic E-state index is 12.8. The lowest BCUT2D eigenvalue weighted by molar-refractivity contribution is 0.0746. The van der Waals surface area contributed by atoms with Crippen molar-refractivity contribution in [1.29, 1.82) is 0 Å². The Morgan fingerprint density at radius 3 is 2.48 bits per heavy atom. The van der Waals surface area contributed by atoms with Gasteiger partial charge >= 0.3 is 0 Å². The van der Waals surface area contributed by atoms with Crippen LogP contribution in [0.15, 0.2) is 42.5 Å². The van der Waals surface area contributed by atoms with E-state index < -0.39 is 0 Å². The topological polar surface area (TPSA) is 32.8 Å². The summed E-state index contributed by atoms with van der Waals surface area (Å²) in [5.41, 5.74) is 5.70. The zero-order valence-corrected chi connectivity index (χ0v) is 15.3. The molecule has 1 heterocycles. The Kier molecular flexibility index (Phi) is 5.39. The zero-order chi connectivity index (χ0) is 17.8. The molecule has 1 aliphatic heterocycles. The number of amides is 1. The molecule has 2 aromatic rings. The third kappa shape index (κ3) is 3.85. The first-order valence-electron chi connectivity index (χ1n) is 8.78. The highest BCUT2D eigenvalue weighted by Crippen LogP contribution is 2.24. The number of carbonyl (C=O) groups excluding carboxylic acids is 1. The number of piperazine rings is 1. The van der Waals surface area contributed by atoms with E-state index in [1.165, 1.54) is 16.8 Å². The van der Waals surface area contributed by atoms with Gasteiger partial charge in [-0.05, 0) is 48.7 Å². The first kappa shape index (κ1) is 17.5. The SMILES string of the molecule is COCc1cccc(C(=O)N2CCN(c3cccc(C)c3C)CC2)c1. The van der Waals surface area contributed by atoms with Gasteiger partial charge in [0, 0.05) is 44.5 Å². The summed E-state index contributed by atoms with van der Waals surface area (Å²) >= 11 is 0. The minimum absolute atomic E-state index is 0.110. The third-order valence-electron chi connectivity index (χ3n) is 4.97. The van der Waals surface area contributed by atoms with Gasteiger partial charge in [-0.3, -0.25) is 4.79 Å². The molecule has 0 saturated carbocycles. The number of aryl methyl sites for hydroxylation is 1. The van der Waals surface area contributed by atoms with Crippen LogP contribution in [-0.2, 0) is 11.3 Å². The van der Waals surface area contributed by atoms with Crippen molar-refractivity contribution in [3.05, 3.63) is 64.7 Å². The standard InChI is InChI=1S/C21H26N2O2/c1-16-6-4-9-20(17(16)2)22-10-12-23(13-11-22)21(24)19-8-5-7-18(14-19)15-25-3/h4-9,14H,10-13,15H2,1-3H3. The van der Waals surface area contributed by atoms with Gasteiger partial charge in [0.05, 0.1) is 6.61 Å². The average molecular weight is 338 g/mol. The Morgan fingerprint density at radius 2 is 1.76 bits per heavy atom. The third-order valence-corrected chi connectivity index (χ3v) is 4.97. The fourth-order valence-electron chi connectivity index (χ4n) is 3.37. The quantitative estimate of drug-likeness (QED) is 0.856. The van der Waals surface area contributed by atoms with Crippen molar-refractivity contribution >= 4 is 11.6 Å². The van der Waals surface area contributed by atoms with Crippen LogP contribution in [0.1, 0.15) is 27.0 Å². The van der Waals surface area contributed by atoms with Crippen molar-refractivity contribution in [2.75, 3.05) is 38.2 Å². The molecule has 1 aliphatic rings. The van der Waals surface area contributed by atoms with E-state index in [1.54, 1.807) is 7.11 Å². The Balaban J connectivity index is 1.66. The molecule has 0 bridgehead atoms. The lowest BCUT2D eigenvalue weighted by atomic mass is 10.1. The highest BCUT2D eigenvalue weighted by molar-refractivity contribution is 5.94. The van der Waals surface area contributed by atoms with Crippen molar-refractivity contribution in [3.8, 4) is 0 Å². The number of nitrogens with zero attached hydrogens (tertiary/aromatic N) is 2. The van der Waals surface area contributed by atoms with Crippen LogP contribution in [0.5, 0.6) is 0 Å². The van der Waals surface area contributed by atoms with Crippen LogP contribution in [0.3, 0.4) is 0 Å². The van der Waals surface area contributed by atoms with E-state index in [0.717, 1.165) is 37.3 Å². The summed E-state index contributed by atoms with van der Waals surface area (Å²) < 4.78 is 5.16. The molecule has 0 spiro atoms. The largest absolute Gasteiger partial charge is 0.380 e. The summed E-state index contributed by atoms with van der Waals surface area (Å²) in [5, 5.41) is 0. The van der Waals surface area contributed by atoms with Gasteiger partial charge in [-0.2, -0.15) is 0 Å². The summed E-state index contributed by atoms with van der Waals surface area (Å²) in [7, 11) is 1.67. The molecule has 0 aliphatic carbocycles. The summed E-state index contributed by atoms with van der Waals surface area (Å²) in [6.07, 6.45) is 0. The molecule has 1 fully saturated rings. The molecule has 0 unspecified atom stereocenters. The van der Waals surface area contributed by atoms with Gasteiger partial charge in [-0.15, -0.1) is 0 Å². The van der Waals surface area contributed by atoms with Gasteiger partial charge in [0.25, 0.3) is 5.91 Å². The molecule has 0 N–H and O–H groups in total. The van der Waals surface area contributed by atoms with Crippen LogP contribution in [0.2, 0.25) is 0 Å². The molecule has 132 valence electrons. The summed E-state index contributed by atoms with van der Waals surface area (Å²) in [6, 6.07) is 14.2. The van der Waals surface area contributed by atoms with Crippen LogP contribution < -0.4 is 4.90 Å². The van der Waals surface area contributed by atoms with Gasteiger partial charge in [-0.25, -0.2) is 0 Å². The number of carbonyl (C=O) groups is 1. The fraction of sp³-hybridized carbons (Fsp3) is 0.381. The highest BCUT2D eigenvalue weighted by Gasteiger charge is 2.23. The second-order valence-electron chi connectivity index (χ2n) is 6.63. The number of hydrogen-bond donors (Lipinski definition) is 0. The molecule has 3 rings (SSSR count). The molecule has 2 aromatic carbocycles. The Bertz CT molecular complexity index is 749. The van der Waals surface area contributed by atoms with E-state index in [0.29, 0.717) is 6.61 Å². The molecular formula is C21H26N2O2. The number of methoxy groups -OCH3 is 1. The summed E-state index contributed by atoms with van der Waals surface area (Å²) in [4.78, 5) is 17.1. The van der Waals surface area contributed by atoms with Gasteiger partial charge in [0.1, 0.15) is 0 Å². The molecule has 0 radical (unpaired) electrons. The molecule has 1 amide bonds. The van der Waals surface area contributed by atoms with E-state index in [1.807, 2.05) is 29.2 Å². The lowest BCUT2D eigenvalue weighted by Crippen LogP contribution is -2.49. The molecule has 25 heavy (non-hydrogen) atoms. The van der Waals surface area contributed by atoms with E-state index in [4.69, 9.17) is 4.74 Å². The van der Waals surface area contributed by atoms with Crippen LogP contribution >= 0.6 is 0 Å². The van der Waals surface area contributed by atoms with E-state index in [-0.39, 0.29) is 5.91 Å². The summed E-state index contributed by atoms with van der Waals surface area (Å²) in [6.45, 7) is 8.08. The molecular weight excluding hydrogens is 312 g/mol. The van der Waals surface area contributed by atoms with Crippen molar-refractivity contribution < 1.29 is 9.53 Å². The molecule has 1 saturated heterocycles. The summed E-state index contributed by atoms with van der Waals surface area (Å²) in [5.74, 6) is 0.110. The van der Waals surface area contributed by atoms with Crippen molar-refractivity contribution in [1.82, 2.24) is 4.90 Å². The minimum atomic E-state index is 0.110. The maximum Gasteiger partial charge on any atom is 0.253 e. The van der Waals surface area contributed by atoms with Crippen molar-refractivity contribution in [2.45, 2.75) is 20.5 Å². The predicted octanol–water partition coefficient (Wildman–Crippen LogP) is 3.41. The van der Waals surface area contributed by atoms with Gasteiger partial charge in [-0.1, -0.05) is 24.3 Å². The average Bonchev–Trinajstić information content (AvgIpc) is 2.64. The second-order valence-corrected chi connectivity index (χ2v) is 6.63.